The van der Waals surface area contributed by atoms with Gasteiger partial charge in [0.1, 0.15) is 10.0 Å². The maximum absolute atomic E-state index is 13.6. The number of thiazole rings is 1. The Bertz CT molecular complexity index is 718. The second-order valence-electron chi connectivity index (χ2n) is 3.67. The number of nitrogens with two attached hydrogens (primary N) is 1. The lowest BCUT2D eigenvalue weighted by Crippen LogP contribution is -2.06. The predicted octanol–water partition coefficient (Wildman–Crippen LogP) is 2.87. The Morgan fingerprint density at radius 2 is 1.52 bits per heavy atom. The van der Waals surface area contributed by atoms with Crippen LogP contribution >= 0.6 is 11.3 Å². The van der Waals surface area contributed by atoms with Gasteiger partial charge in [0.15, 0.2) is 29.0 Å². The van der Waals surface area contributed by atoms with Gasteiger partial charge < -0.3 is 10.5 Å². The van der Waals surface area contributed by atoms with Gasteiger partial charge in [-0.1, -0.05) is 11.3 Å². The molecule has 4 nitrogen and oxygen atoms in total. The molecule has 0 aliphatic rings. The van der Waals surface area contributed by atoms with E-state index in [1.54, 1.807) is 0 Å². The van der Waals surface area contributed by atoms with Gasteiger partial charge in [-0.15, -0.1) is 0 Å². The van der Waals surface area contributed by atoms with E-state index in [1.807, 2.05) is 0 Å². The van der Waals surface area contributed by atoms with E-state index in [9.17, 15) is 26.7 Å². The van der Waals surface area contributed by atoms with E-state index >= 15 is 0 Å². The largest absolute Gasteiger partial charge is 0.464 e. The molecule has 0 fully saturated rings. The highest BCUT2D eigenvalue weighted by Gasteiger charge is 2.29. The Morgan fingerprint density at radius 1 is 1.05 bits per heavy atom. The van der Waals surface area contributed by atoms with Crippen molar-refractivity contribution in [1.29, 1.82) is 0 Å². The van der Waals surface area contributed by atoms with Crippen molar-refractivity contribution in [2.45, 2.75) is 0 Å². The highest BCUT2D eigenvalue weighted by atomic mass is 32.1. The third kappa shape index (κ3) is 2.31. The molecule has 21 heavy (non-hydrogen) atoms. The first-order valence-corrected chi connectivity index (χ1v) is 5.97. The normalized spacial score (nSPS) is 10.8. The van der Waals surface area contributed by atoms with Gasteiger partial charge in [-0.25, -0.2) is 31.7 Å². The number of ether oxygens (including phenoxy) is 1. The SMILES string of the molecule is COC(=O)c1nc(-c2c(F)c(F)c(F)c(F)c2F)sc1N. The minimum atomic E-state index is -2.29. The van der Waals surface area contributed by atoms with Gasteiger partial charge in [0.2, 0.25) is 5.82 Å². The fraction of sp³-hybridized carbons (Fsp3) is 0.0909. The first-order valence-electron chi connectivity index (χ1n) is 5.16. The van der Waals surface area contributed by atoms with Crippen LogP contribution in [0.5, 0.6) is 0 Å². The molecule has 0 amide bonds. The Balaban J connectivity index is 2.71. The van der Waals surface area contributed by atoms with Crippen molar-refractivity contribution < 1.29 is 31.5 Å². The summed E-state index contributed by atoms with van der Waals surface area (Å²) in [6.45, 7) is 0. The average molecular weight is 324 g/mol. The van der Waals surface area contributed by atoms with Crippen LogP contribution in [0.2, 0.25) is 0 Å². The summed E-state index contributed by atoms with van der Waals surface area (Å²) in [7, 11) is 1.01. The number of nitrogens with zero attached hydrogens (tertiary/aromatic N) is 1. The van der Waals surface area contributed by atoms with E-state index in [0.29, 0.717) is 11.3 Å². The summed E-state index contributed by atoms with van der Waals surface area (Å²) in [5.41, 5.74) is 3.69. The van der Waals surface area contributed by atoms with Crippen molar-refractivity contribution in [3.05, 3.63) is 34.8 Å². The van der Waals surface area contributed by atoms with Crippen molar-refractivity contribution in [1.82, 2.24) is 4.98 Å². The zero-order chi connectivity index (χ0) is 15.9. The van der Waals surface area contributed by atoms with E-state index in [2.05, 4.69) is 9.72 Å². The molecule has 0 saturated carbocycles. The van der Waals surface area contributed by atoms with Crippen LogP contribution in [0.3, 0.4) is 0 Å². The number of carbonyl (C=O) groups excluding carboxylic acids is 1. The zero-order valence-corrected chi connectivity index (χ0v) is 11.0. The lowest BCUT2D eigenvalue weighted by atomic mass is 10.2. The molecular formula is C11H5F5N2O2S. The summed E-state index contributed by atoms with van der Waals surface area (Å²) in [4.78, 5) is 14.8. The standard InChI is InChI=1S/C11H5F5N2O2S/c1-20-11(19)8-9(17)21-10(18-8)2-3(12)5(14)7(16)6(15)4(2)13/h17H2,1H3. The molecule has 0 spiro atoms. The van der Waals surface area contributed by atoms with Gasteiger partial charge in [-0.2, -0.15) is 0 Å². The Morgan fingerprint density at radius 3 is 2.00 bits per heavy atom. The quantitative estimate of drug-likeness (QED) is 0.399. The van der Waals surface area contributed by atoms with Crippen molar-refractivity contribution in [3.8, 4) is 10.6 Å². The van der Waals surface area contributed by atoms with Crippen LogP contribution in [0.1, 0.15) is 10.5 Å². The molecule has 0 saturated heterocycles. The van der Waals surface area contributed by atoms with Crippen molar-refractivity contribution in [2.75, 3.05) is 12.8 Å². The van der Waals surface area contributed by atoms with Crippen LogP contribution in [-0.2, 0) is 4.74 Å². The molecule has 0 bridgehead atoms. The Labute approximate surface area is 118 Å². The summed E-state index contributed by atoms with van der Waals surface area (Å²) in [5.74, 6) is -11.6. The highest BCUT2D eigenvalue weighted by molar-refractivity contribution is 7.19. The van der Waals surface area contributed by atoms with E-state index in [-0.39, 0.29) is 5.00 Å². The summed E-state index contributed by atoms with van der Waals surface area (Å²) in [5, 5.41) is -0.901. The fourth-order valence-electron chi connectivity index (χ4n) is 1.47. The van der Waals surface area contributed by atoms with Crippen LogP contribution in [0.15, 0.2) is 0 Å². The number of carbonyl (C=O) groups is 1. The minimum absolute atomic E-state index is 0.277. The summed E-state index contributed by atoms with van der Waals surface area (Å²) >= 11 is 0.393. The van der Waals surface area contributed by atoms with Crippen LogP contribution < -0.4 is 5.73 Å². The topological polar surface area (TPSA) is 65.2 Å². The number of rotatable bonds is 2. The predicted molar refractivity (Wildman–Crippen MR) is 63.1 cm³/mol. The zero-order valence-electron chi connectivity index (χ0n) is 10.1. The number of halogens is 5. The smallest absolute Gasteiger partial charge is 0.359 e. The van der Waals surface area contributed by atoms with Gasteiger partial charge in [-0.05, 0) is 0 Å². The highest BCUT2D eigenvalue weighted by Crippen LogP contribution is 2.36. The third-order valence-corrected chi connectivity index (χ3v) is 3.36. The summed E-state index contributed by atoms with van der Waals surface area (Å²) in [6, 6.07) is 0. The monoisotopic (exact) mass is 324 g/mol. The molecule has 10 heteroatoms. The maximum Gasteiger partial charge on any atom is 0.359 e. The van der Waals surface area contributed by atoms with Crippen molar-refractivity contribution >= 4 is 22.3 Å². The number of nitrogen functional groups attached to an aromatic ring is 1. The number of esters is 1. The first kappa shape index (κ1) is 15.2. The molecule has 112 valence electrons. The molecule has 0 aliphatic heterocycles. The van der Waals surface area contributed by atoms with Crippen LogP contribution in [0.25, 0.3) is 10.6 Å². The molecule has 0 radical (unpaired) electrons. The van der Waals surface area contributed by atoms with Gasteiger partial charge >= 0.3 is 5.97 Å². The second-order valence-corrected chi connectivity index (χ2v) is 4.70. The molecule has 2 rings (SSSR count). The molecule has 1 heterocycles. The van der Waals surface area contributed by atoms with E-state index in [4.69, 9.17) is 5.73 Å². The molecule has 2 N–H and O–H groups in total. The van der Waals surface area contributed by atoms with E-state index in [0.717, 1.165) is 7.11 Å². The van der Waals surface area contributed by atoms with Gasteiger partial charge in [0.05, 0.1) is 12.7 Å². The molecule has 0 atom stereocenters. The average Bonchev–Trinajstić information content (AvgIpc) is 2.84. The molecule has 1 aromatic heterocycles. The van der Waals surface area contributed by atoms with Crippen LogP contribution in [-0.4, -0.2) is 18.1 Å². The molecule has 1 aromatic carbocycles. The molecule has 0 unspecified atom stereocenters. The number of aromatic nitrogens is 1. The Hall–Kier alpha value is -2.23. The fourth-order valence-corrected chi connectivity index (χ4v) is 2.33. The lowest BCUT2D eigenvalue weighted by Gasteiger charge is -2.05. The van der Waals surface area contributed by atoms with Crippen molar-refractivity contribution in [2.24, 2.45) is 0 Å². The first-order chi connectivity index (χ1) is 9.79. The molecule has 0 aliphatic carbocycles. The van der Waals surface area contributed by atoms with E-state index < -0.39 is 51.3 Å². The van der Waals surface area contributed by atoms with Crippen LogP contribution in [0.4, 0.5) is 27.0 Å². The van der Waals surface area contributed by atoms with Gasteiger partial charge in [0.25, 0.3) is 0 Å². The molecule has 2 aromatic rings. The minimum Gasteiger partial charge on any atom is -0.464 e. The summed E-state index contributed by atoms with van der Waals surface area (Å²) < 4.78 is 70.7. The second kappa shape index (κ2) is 5.28. The number of anilines is 1. The van der Waals surface area contributed by atoms with E-state index in [1.165, 1.54) is 0 Å². The lowest BCUT2D eigenvalue weighted by molar-refractivity contribution is 0.0596. The van der Waals surface area contributed by atoms with Crippen molar-refractivity contribution in [3.63, 3.8) is 0 Å². The Kier molecular flexibility index (Phi) is 3.81. The number of methoxy groups -OCH3 is 1. The van der Waals surface area contributed by atoms with Gasteiger partial charge in [0, 0.05) is 0 Å². The number of hydrogen-bond acceptors (Lipinski definition) is 5. The summed E-state index contributed by atoms with van der Waals surface area (Å²) in [6.07, 6.45) is 0. The molecular weight excluding hydrogens is 319 g/mol. The number of hydrogen-bond donors (Lipinski definition) is 1. The van der Waals surface area contributed by atoms with Gasteiger partial charge in [-0.3, -0.25) is 0 Å². The van der Waals surface area contributed by atoms with Crippen LogP contribution in [0, 0.1) is 29.1 Å². The number of benzene rings is 1. The third-order valence-electron chi connectivity index (χ3n) is 2.46. The maximum atomic E-state index is 13.6.